The lowest BCUT2D eigenvalue weighted by Crippen LogP contribution is -2.23. The minimum Gasteiger partial charge on any atom is -0.486 e. The van der Waals surface area contributed by atoms with Crippen LogP contribution in [0.5, 0.6) is 11.5 Å². The van der Waals surface area contributed by atoms with Crippen LogP contribution in [0.3, 0.4) is 0 Å². The number of nitrogens with zero attached hydrogens (tertiary/aromatic N) is 1. The highest BCUT2D eigenvalue weighted by atomic mass is 32.2. The van der Waals surface area contributed by atoms with Crippen LogP contribution in [0.2, 0.25) is 0 Å². The minimum absolute atomic E-state index is 0.224. The van der Waals surface area contributed by atoms with E-state index in [1.54, 1.807) is 17.8 Å². The van der Waals surface area contributed by atoms with Crippen molar-refractivity contribution in [1.82, 2.24) is 4.90 Å². The van der Waals surface area contributed by atoms with Crippen molar-refractivity contribution >= 4 is 11.8 Å². The van der Waals surface area contributed by atoms with Gasteiger partial charge in [0.2, 0.25) is 0 Å². The fourth-order valence-electron chi connectivity index (χ4n) is 3.47. The van der Waals surface area contributed by atoms with Crippen LogP contribution in [0, 0.1) is 5.82 Å². The summed E-state index contributed by atoms with van der Waals surface area (Å²) in [6.07, 6.45) is 1.20. The highest BCUT2D eigenvalue weighted by Crippen LogP contribution is 2.36. The molecule has 1 fully saturated rings. The summed E-state index contributed by atoms with van der Waals surface area (Å²) in [4.78, 5) is 3.11. The second-order valence-electron chi connectivity index (χ2n) is 6.47. The Morgan fingerprint density at radius 2 is 1.84 bits per heavy atom. The predicted octanol–water partition coefficient (Wildman–Crippen LogP) is 4.18. The lowest BCUT2D eigenvalue weighted by molar-refractivity contribution is 0.170. The molecule has 4 rings (SSSR count). The summed E-state index contributed by atoms with van der Waals surface area (Å²) in [7, 11) is 0. The second kappa shape index (κ2) is 7.67. The Morgan fingerprint density at radius 1 is 1.08 bits per heavy atom. The van der Waals surface area contributed by atoms with Gasteiger partial charge in [0, 0.05) is 35.9 Å². The molecule has 25 heavy (non-hydrogen) atoms. The van der Waals surface area contributed by atoms with E-state index in [-0.39, 0.29) is 5.82 Å². The third kappa shape index (κ3) is 3.93. The molecule has 0 spiro atoms. The van der Waals surface area contributed by atoms with Crippen molar-refractivity contribution in [2.75, 3.05) is 38.6 Å². The number of hydrogen-bond acceptors (Lipinski definition) is 4. The summed E-state index contributed by atoms with van der Waals surface area (Å²) in [6, 6.07) is 13.9. The van der Waals surface area contributed by atoms with Gasteiger partial charge in [-0.3, -0.25) is 0 Å². The monoisotopic (exact) mass is 359 g/mol. The molecule has 2 aromatic carbocycles. The molecule has 1 atom stereocenters. The molecule has 0 radical (unpaired) electrons. The van der Waals surface area contributed by atoms with Crippen LogP contribution >= 0.6 is 11.8 Å². The van der Waals surface area contributed by atoms with Crippen molar-refractivity contribution < 1.29 is 13.9 Å². The van der Waals surface area contributed by atoms with Crippen LogP contribution in [0.1, 0.15) is 17.9 Å². The highest BCUT2D eigenvalue weighted by Gasteiger charge is 2.23. The smallest absolute Gasteiger partial charge is 0.164 e. The Bertz CT molecular complexity index is 725. The van der Waals surface area contributed by atoms with Crippen LogP contribution in [-0.4, -0.2) is 43.5 Å². The van der Waals surface area contributed by atoms with Crippen molar-refractivity contribution in [1.29, 1.82) is 0 Å². The van der Waals surface area contributed by atoms with E-state index in [0.717, 1.165) is 25.4 Å². The van der Waals surface area contributed by atoms with E-state index >= 15 is 0 Å². The highest BCUT2D eigenvalue weighted by molar-refractivity contribution is 7.99. The molecule has 5 heteroatoms. The topological polar surface area (TPSA) is 21.7 Å². The molecule has 2 aliphatic rings. The molecule has 1 saturated heterocycles. The van der Waals surface area contributed by atoms with Gasteiger partial charge in [0.25, 0.3) is 0 Å². The van der Waals surface area contributed by atoms with E-state index in [9.17, 15) is 4.39 Å². The van der Waals surface area contributed by atoms with E-state index in [0.29, 0.717) is 35.5 Å². The van der Waals surface area contributed by atoms with Crippen LogP contribution in [0.25, 0.3) is 0 Å². The number of hydrogen-bond donors (Lipinski definition) is 0. The second-order valence-corrected chi connectivity index (χ2v) is 7.61. The van der Waals surface area contributed by atoms with Crippen molar-refractivity contribution in [3.05, 3.63) is 53.8 Å². The Morgan fingerprint density at radius 3 is 2.64 bits per heavy atom. The molecule has 3 nitrogen and oxygen atoms in total. The Labute approximate surface area is 152 Å². The predicted molar refractivity (Wildman–Crippen MR) is 98.4 cm³/mol. The Kier molecular flexibility index (Phi) is 5.13. The maximum absolute atomic E-state index is 14.2. The van der Waals surface area contributed by atoms with Crippen LogP contribution in [0.15, 0.2) is 47.4 Å². The fraction of sp³-hybridized carbons (Fsp3) is 0.400. The molecule has 0 N–H and O–H groups in total. The molecular formula is C20H22FNO2S. The van der Waals surface area contributed by atoms with Gasteiger partial charge in [-0.05, 0) is 24.4 Å². The number of rotatable bonds is 5. The van der Waals surface area contributed by atoms with Crippen LogP contribution in [0.4, 0.5) is 4.39 Å². The number of halogens is 1. The van der Waals surface area contributed by atoms with Gasteiger partial charge in [-0.1, -0.05) is 30.3 Å². The van der Waals surface area contributed by atoms with Crippen molar-refractivity contribution in [2.24, 2.45) is 0 Å². The lowest BCUT2D eigenvalue weighted by Gasteiger charge is -2.20. The molecule has 2 aromatic rings. The zero-order valence-corrected chi connectivity index (χ0v) is 14.9. The quantitative estimate of drug-likeness (QED) is 0.747. The molecule has 132 valence electrons. The summed E-state index contributed by atoms with van der Waals surface area (Å²) >= 11 is 1.55. The maximum atomic E-state index is 14.2. The van der Waals surface area contributed by atoms with Gasteiger partial charge in [0.05, 0.1) is 0 Å². The van der Waals surface area contributed by atoms with Crippen molar-refractivity contribution in [2.45, 2.75) is 17.2 Å². The van der Waals surface area contributed by atoms with Gasteiger partial charge >= 0.3 is 0 Å². The summed E-state index contributed by atoms with van der Waals surface area (Å²) in [5, 5.41) is 0. The standard InChI is InChI=1S/C20H22FNO2S/c21-17-12-18-19(24-10-9-23-18)13-20(17)25-11-8-22-7-6-16(14-22)15-4-2-1-3-5-15/h1-5,12-13,16H,6-11,14H2. The maximum Gasteiger partial charge on any atom is 0.164 e. The number of thioether (sulfide) groups is 1. The zero-order valence-electron chi connectivity index (χ0n) is 14.1. The number of likely N-dealkylation sites (tertiary alicyclic amines) is 1. The number of ether oxygens (including phenoxy) is 2. The average molecular weight is 359 g/mol. The summed E-state index contributed by atoms with van der Waals surface area (Å²) in [5.41, 5.74) is 1.43. The van der Waals surface area contributed by atoms with Gasteiger partial charge in [-0.15, -0.1) is 11.8 Å². The lowest BCUT2D eigenvalue weighted by atomic mass is 9.99. The molecule has 0 bridgehead atoms. The van der Waals surface area contributed by atoms with E-state index in [4.69, 9.17) is 9.47 Å². The van der Waals surface area contributed by atoms with E-state index in [2.05, 4.69) is 35.2 Å². The number of benzene rings is 2. The van der Waals surface area contributed by atoms with Gasteiger partial charge in [-0.2, -0.15) is 0 Å². The molecule has 2 aliphatic heterocycles. The van der Waals surface area contributed by atoms with Crippen molar-refractivity contribution in [3.63, 3.8) is 0 Å². The number of fused-ring (bicyclic) bond motifs is 1. The summed E-state index contributed by atoms with van der Waals surface area (Å²) in [6.45, 7) is 4.19. The largest absolute Gasteiger partial charge is 0.486 e. The first-order valence-corrected chi connectivity index (χ1v) is 9.77. The average Bonchev–Trinajstić information content (AvgIpc) is 3.12. The van der Waals surface area contributed by atoms with Gasteiger partial charge in [-0.25, -0.2) is 4.39 Å². The first kappa shape index (κ1) is 16.7. The van der Waals surface area contributed by atoms with E-state index in [1.807, 2.05) is 0 Å². The van der Waals surface area contributed by atoms with Gasteiger partial charge in [0.1, 0.15) is 19.0 Å². The third-order valence-corrected chi connectivity index (χ3v) is 5.82. The molecule has 0 aliphatic carbocycles. The minimum atomic E-state index is -0.224. The molecular weight excluding hydrogens is 337 g/mol. The normalized spacial score (nSPS) is 20.0. The van der Waals surface area contributed by atoms with Gasteiger partial charge < -0.3 is 14.4 Å². The Balaban J connectivity index is 1.30. The SMILES string of the molecule is Fc1cc2c(cc1SCCN1CCC(c3ccccc3)C1)OCCO2. The summed E-state index contributed by atoms with van der Waals surface area (Å²) < 4.78 is 25.2. The van der Waals surface area contributed by atoms with Crippen molar-refractivity contribution in [3.8, 4) is 11.5 Å². The molecule has 0 saturated carbocycles. The molecule has 1 unspecified atom stereocenters. The first-order valence-electron chi connectivity index (χ1n) is 8.79. The zero-order chi connectivity index (χ0) is 17.1. The van der Waals surface area contributed by atoms with E-state index < -0.39 is 0 Å². The summed E-state index contributed by atoms with van der Waals surface area (Å²) in [5.74, 6) is 2.44. The third-order valence-electron chi connectivity index (χ3n) is 4.81. The van der Waals surface area contributed by atoms with Crippen LogP contribution in [-0.2, 0) is 0 Å². The molecule has 0 amide bonds. The van der Waals surface area contributed by atoms with Crippen LogP contribution < -0.4 is 9.47 Å². The Hall–Kier alpha value is -1.72. The molecule has 0 aromatic heterocycles. The fourth-order valence-corrected chi connectivity index (χ4v) is 4.43. The molecule has 2 heterocycles. The first-order chi connectivity index (χ1) is 12.3. The van der Waals surface area contributed by atoms with E-state index in [1.165, 1.54) is 18.1 Å². The van der Waals surface area contributed by atoms with Gasteiger partial charge in [0.15, 0.2) is 11.5 Å².